The van der Waals surface area contributed by atoms with Gasteiger partial charge in [0, 0.05) is 13.0 Å². The van der Waals surface area contributed by atoms with Crippen molar-refractivity contribution in [2.75, 3.05) is 7.11 Å². The molecule has 2 atom stereocenters. The third kappa shape index (κ3) is 2.48. The first kappa shape index (κ1) is 9.52. The zero-order valence-electron chi connectivity index (χ0n) is 7.58. The molecule has 0 spiro atoms. The summed E-state index contributed by atoms with van der Waals surface area (Å²) in [5, 5.41) is 0. The highest BCUT2D eigenvalue weighted by molar-refractivity contribution is 5.76. The summed E-state index contributed by atoms with van der Waals surface area (Å²) in [6.07, 6.45) is 5.29. The molecule has 0 radical (unpaired) electrons. The van der Waals surface area contributed by atoms with E-state index in [1.165, 1.54) is 0 Å². The fourth-order valence-corrected chi connectivity index (χ4v) is 1.79. The van der Waals surface area contributed by atoms with Gasteiger partial charge in [-0.05, 0) is 25.7 Å². The van der Waals surface area contributed by atoms with E-state index in [4.69, 9.17) is 10.5 Å². The SMILES string of the molecule is COC1CCCC(C(N)=O)CC1. The highest BCUT2D eigenvalue weighted by Gasteiger charge is 2.21. The Morgan fingerprint density at radius 3 is 2.67 bits per heavy atom. The summed E-state index contributed by atoms with van der Waals surface area (Å²) in [5.41, 5.74) is 5.24. The topological polar surface area (TPSA) is 52.3 Å². The number of carbonyl (C=O) groups is 1. The molecular formula is C9H17NO2. The molecule has 2 unspecified atom stereocenters. The third-order valence-electron chi connectivity index (χ3n) is 2.65. The van der Waals surface area contributed by atoms with E-state index in [1.54, 1.807) is 7.11 Å². The normalized spacial score (nSPS) is 31.1. The van der Waals surface area contributed by atoms with Crippen molar-refractivity contribution in [3.8, 4) is 0 Å². The molecule has 0 aromatic rings. The van der Waals surface area contributed by atoms with Gasteiger partial charge in [-0.2, -0.15) is 0 Å². The van der Waals surface area contributed by atoms with Gasteiger partial charge in [0.2, 0.25) is 5.91 Å². The lowest BCUT2D eigenvalue weighted by Crippen LogP contribution is -2.22. The summed E-state index contributed by atoms with van der Waals surface area (Å²) in [6, 6.07) is 0. The summed E-state index contributed by atoms with van der Waals surface area (Å²) in [5.74, 6) is -0.0584. The number of nitrogens with two attached hydrogens (primary N) is 1. The molecular weight excluding hydrogens is 154 g/mol. The van der Waals surface area contributed by atoms with Crippen molar-refractivity contribution in [3.63, 3.8) is 0 Å². The fraction of sp³-hybridized carbons (Fsp3) is 0.889. The number of hydrogen-bond donors (Lipinski definition) is 1. The van der Waals surface area contributed by atoms with Gasteiger partial charge in [-0.25, -0.2) is 0 Å². The Kier molecular flexibility index (Phi) is 3.53. The highest BCUT2D eigenvalue weighted by atomic mass is 16.5. The molecule has 0 aromatic heterocycles. The van der Waals surface area contributed by atoms with Gasteiger partial charge in [0.15, 0.2) is 0 Å². The highest BCUT2D eigenvalue weighted by Crippen LogP contribution is 2.24. The van der Waals surface area contributed by atoms with Crippen LogP contribution in [0.15, 0.2) is 0 Å². The number of carbonyl (C=O) groups excluding carboxylic acids is 1. The molecule has 0 saturated heterocycles. The minimum Gasteiger partial charge on any atom is -0.381 e. The average molecular weight is 171 g/mol. The predicted molar refractivity (Wildman–Crippen MR) is 46.6 cm³/mol. The Morgan fingerprint density at radius 1 is 1.33 bits per heavy atom. The Labute approximate surface area is 73.3 Å². The number of rotatable bonds is 2. The Balaban J connectivity index is 2.39. The van der Waals surface area contributed by atoms with Crippen molar-refractivity contribution in [1.82, 2.24) is 0 Å². The molecule has 2 N–H and O–H groups in total. The van der Waals surface area contributed by atoms with Crippen LogP contribution >= 0.6 is 0 Å². The molecule has 1 rings (SSSR count). The van der Waals surface area contributed by atoms with E-state index in [2.05, 4.69) is 0 Å². The average Bonchev–Trinajstić information content (AvgIpc) is 2.28. The molecule has 1 fully saturated rings. The molecule has 0 aliphatic heterocycles. The quantitative estimate of drug-likeness (QED) is 0.632. The van der Waals surface area contributed by atoms with E-state index in [9.17, 15) is 4.79 Å². The molecule has 1 amide bonds. The smallest absolute Gasteiger partial charge is 0.220 e. The lowest BCUT2D eigenvalue weighted by molar-refractivity contribution is -0.122. The number of amides is 1. The van der Waals surface area contributed by atoms with Crippen molar-refractivity contribution in [3.05, 3.63) is 0 Å². The van der Waals surface area contributed by atoms with Gasteiger partial charge in [0.1, 0.15) is 0 Å². The van der Waals surface area contributed by atoms with Gasteiger partial charge < -0.3 is 10.5 Å². The van der Waals surface area contributed by atoms with Gasteiger partial charge in [0.05, 0.1) is 6.10 Å². The monoisotopic (exact) mass is 171 g/mol. The van der Waals surface area contributed by atoms with Crippen molar-refractivity contribution in [2.45, 2.75) is 38.2 Å². The summed E-state index contributed by atoms with van der Waals surface area (Å²) >= 11 is 0. The summed E-state index contributed by atoms with van der Waals surface area (Å²) in [6.45, 7) is 0. The van der Waals surface area contributed by atoms with E-state index in [0.717, 1.165) is 32.1 Å². The maximum atomic E-state index is 10.9. The molecule has 3 nitrogen and oxygen atoms in total. The van der Waals surface area contributed by atoms with Crippen molar-refractivity contribution >= 4 is 5.91 Å². The van der Waals surface area contributed by atoms with Gasteiger partial charge in [0.25, 0.3) is 0 Å². The molecule has 3 heteroatoms. The molecule has 0 aromatic carbocycles. The molecule has 0 bridgehead atoms. The van der Waals surface area contributed by atoms with Crippen LogP contribution in [0.5, 0.6) is 0 Å². The second-order valence-corrected chi connectivity index (χ2v) is 3.47. The van der Waals surface area contributed by atoms with Gasteiger partial charge >= 0.3 is 0 Å². The van der Waals surface area contributed by atoms with Crippen molar-refractivity contribution in [1.29, 1.82) is 0 Å². The van der Waals surface area contributed by atoms with E-state index in [-0.39, 0.29) is 11.8 Å². The van der Waals surface area contributed by atoms with Crippen LogP contribution in [0.2, 0.25) is 0 Å². The second-order valence-electron chi connectivity index (χ2n) is 3.47. The minimum atomic E-state index is -0.147. The first-order valence-electron chi connectivity index (χ1n) is 4.56. The van der Waals surface area contributed by atoms with Crippen LogP contribution < -0.4 is 5.73 Å². The van der Waals surface area contributed by atoms with Gasteiger partial charge in [-0.1, -0.05) is 6.42 Å². The molecule has 0 heterocycles. The molecule has 1 saturated carbocycles. The summed E-state index contributed by atoms with van der Waals surface area (Å²) < 4.78 is 5.25. The Hall–Kier alpha value is -0.570. The molecule has 12 heavy (non-hydrogen) atoms. The van der Waals surface area contributed by atoms with E-state index >= 15 is 0 Å². The van der Waals surface area contributed by atoms with Crippen LogP contribution in [-0.2, 0) is 9.53 Å². The van der Waals surface area contributed by atoms with Gasteiger partial charge in [-0.15, -0.1) is 0 Å². The zero-order chi connectivity index (χ0) is 8.97. The second kappa shape index (κ2) is 4.45. The fourth-order valence-electron chi connectivity index (χ4n) is 1.79. The van der Waals surface area contributed by atoms with Crippen LogP contribution in [0.4, 0.5) is 0 Å². The summed E-state index contributed by atoms with van der Waals surface area (Å²) in [7, 11) is 1.73. The largest absolute Gasteiger partial charge is 0.381 e. The molecule has 1 aliphatic carbocycles. The van der Waals surface area contributed by atoms with Crippen LogP contribution in [0.3, 0.4) is 0 Å². The number of primary amides is 1. The molecule has 70 valence electrons. The maximum Gasteiger partial charge on any atom is 0.220 e. The lowest BCUT2D eigenvalue weighted by Gasteiger charge is -2.11. The Bertz CT molecular complexity index is 159. The number of ether oxygens (including phenoxy) is 1. The van der Waals surface area contributed by atoms with E-state index in [1.807, 2.05) is 0 Å². The van der Waals surface area contributed by atoms with Gasteiger partial charge in [-0.3, -0.25) is 4.79 Å². The first-order chi connectivity index (χ1) is 5.74. The van der Waals surface area contributed by atoms with Crippen molar-refractivity contribution in [2.24, 2.45) is 11.7 Å². The lowest BCUT2D eigenvalue weighted by atomic mass is 10.00. The minimum absolute atomic E-state index is 0.0881. The predicted octanol–water partition coefficient (Wildman–Crippen LogP) is 1.07. The Morgan fingerprint density at radius 2 is 2.08 bits per heavy atom. The standard InChI is InChI=1S/C9H17NO2/c1-12-8-4-2-3-7(5-6-8)9(10)11/h7-8H,2-6H2,1H3,(H2,10,11). The van der Waals surface area contributed by atoms with Crippen LogP contribution in [-0.4, -0.2) is 19.1 Å². The zero-order valence-corrected chi connectivity index (χ0v) is 7.58. The third-order valence-corrected chi connectivity index (χ3v) is 2.65. The van der Waals surface area contributed by atoms with E-state index in [0.29, 0.717) is 6.10 Å². The van der Waals surface area contributed by atoms with Crippen molar-refractivity contribution < 1.29 is 9.53 Å². The number of hydrogen-bond acceptors (Lipinski definition) is 2. The van der Waals surface area contributed by atoms with Crippen LogP contribution in [0, 0.1) is 5.92 Å². The summed E-state index contributed by atoms with van der Waals surface area (Å²) in [4.78, 5) is 10.9. The van der Waals surface area contributed by atoms with Crippen LogP contribution in [0.25, 0.3) is 0 Å². The van der Waals surface area contributed by atoms with E-state index < -0.39 is 0 Å². The maximum absolute atomic E-state index is 10.9. The van der Waals surface area contributed by atoms with Crippen LogP contribution in [0.1, 0.15) is 32.1 Å². The first-order valence-corrected chi connectivity index (χ1v) is 4.56. The number of methoxy groups -OCH3 is 1. The molecule has 1 aliphatic rings.